The first-order chi connectivity index (χ1) is 28.0. The molecular weight excluding hydrogens is 771 g/mol. The summed E-state index contributed by atoms with van der Waals surface area (Å²) in [5.74, 6) is -1.72. The molecule has 58 heavy (non-hydrogen) atoms. The lowest BCUT2D eigenvalue weighted by atomic mass is 9.73. The van der Waals surface area contributed by atoms with Crippen LogP contribution in [0, 0.1) is 23.0 Å². The van der Waals surface area contributed by atoms with Gasteiger partial charge in [0, 0.05) is 49.9 Å². The summed E-state index contributed by atoms with van der Waals surface area (Å²) in [5.41, 5.74) is 1.29. The van der Waals surface area contributed by atoms with E-state index in [0.29, 0.717) is 59.9 Å². The van der Waals surface area contributed by atoms with Gasteiger partial charge in [0.05, 0.1) is 47.8 Å². The molecule has 4 N–H and O–H groups in total. The highest BCUT2D eigenvalue weighted by atomic mass is 32.2. The summed E-state index contributed by atoms with van der Waals surface area (Å²) in [6.07, 6.45) is 6.15. The minimum atomic E-state index is -0.738. The number of halogens is 2. The van der Waals surface area contributed by atoms with E-state index in [1.807, 2.05) is 6.07 Å². The molecule has 17 heteroatoms. The molecule has 4 aromatic rings. The Bertz CT molecular complexity index is 2330. The number of hydrogen-bond donors (Lipinski definition) is 4. The van der Waals surface area contributed by atoms with Gasteiger partial charge in [-0.25, -0.2) is 18.1 Å². The van der Waals surface area contributed by atoms with Gasteiger partial charge in [0.2, 0.25) is 11.8 Å². The second-order valence-electron chi connectivity index (χ2n) is 15.5. The molecule has 3 saturated heterocycles. The van der Waals surface area contributed by atoms with Crippen LogP contribution in [0.3, 0.4) is 0 Å². The first-order valence-corrected chi connectivity index (χ1v) is 20.2. The third-order valence-electron chi connectivity index (χ3n) is 11.9. The van der Waals surface area contributed by atoms with E-state index in [1.54, 1.807) is 46.5 Å². The molecule has 2 atom stereocenters. The van der Waals surface area contributed by atoms with E-state index in [0.717, 1.165) is 50.9 Å². The molecule has 0 bridgehead atoms. The molecule has 14 nitrogen and oxygen atoms in total. The van der Waals surface area contributed by atoms with E-state index in [4.69, 9.17) is 14.6 Å². The Labute approximate surface area is 337 Å². The van der Waals surface area contributed by atoms with Crippen molar-refractivity contribution in [2.45, 2.75) is 74.6 Å². The fourth-order valence-electron chi connectivity index (χ4n) is 8.49. The van der Waals surface area contributed by atoms with Crippen LogP contribution in [0.2, 0.25) is 0 Å². The Morgan fingerprint density at radius 2 is 1.91 bits per heavy atom. The highest BCUT2D eigenvalue weighted by Gasteiger charge is 2.46. The molecule has 1 spiro atoms. The number of aliphatic hydroxyl groups excluding tert-OH is 1. The van der Waals surface area contributed by atoms with Crippen molar-refractivity contribution in [3.8, 4) is 17.6 Å². The minimum absolute atomic E-state index is 0.0491. The van der Waals surface area contributed by atoms with Crippen LogP contribution < -0.4 is 25.7 Å². The van der Waals surface area contributed by atoms with Gasteiger partial charge in [0.25, 0.3) is 5.56 Å². The van der Waals surface area contributed by atoms with Crippen LogP contribution in [0.15, 0.2) is 59.7 Å². The first-order valence-electron chi connectivity index (χ1n) is 19.5. The van der Waals surface area contributed by atoms with Crippen LogP contribution in [-0.4, -0.2) is 93.3 Å². The number of carbonyl (C=O) groups is 2. The molecule has 3 aromatic carbocycles. The number of nitriles is 1. The van der Waals surface area contributed by atoms with Gasteiger partial charge < -0.3 is 29.5 Å². The number of aliphatic hydroxyl groups is 1. The first kappa shape index (κ1) is 39.7. The molecule has 2 amide bonds. The minimum Gasteiger partial charge on any atom is -0.453 e. The monoisotopic (exact) mass is 814 g/mol. The van der Waals surface area contributed by atoms with Crippen molar-refractivity contribution in [2.75, 3.05) is 49.9 Å². The maximum absolute atomic E-state index is 15.2. The number of nitrogens with zero attached hydrogens (tertiary/aromatic N) is 5. The molecule has 8 rings (SSSR count). The quantitative estimate of drug-likeness (QED) is 0.109. The lowest BCUT2D eigenvalue weighted by Gasteiger charge is -2.48. The summed E-state index contributed by atoms with van der Waals surface area (Å²) < 4.78 is 49.0. The molecule has 4 heterocycles. The topological polar surface area (TPSA) is 174 Å². The molecule has 4 fully saturated rings. The molecule has 0 radical (unpaired) electrons. The Morgan fingerprint density at radius 1 is 1.10 bits per heavy atom. The fourth-order valence-corrected chi connectivity index (χ4v) is 9.08. The van der Waals surface area contributed by atoms with Gasteiger partial charge in [-0.05, 0) is 99.5 Å². The Morgan fingerprint density at radius 3 is 2.66 bits per heavy atom. The van der Waals surface area contributed by atoms with E-state index in [1.165, 1.54) is 24.3 Å². The van der Waals surface area contributed by atoms with Gasteiger partial charge in [-0.15, -0.1) is 0 Å². The summed E-state index contributed by atoms with van der Waals surface area (Å²) >= 11 is 1.14. The van der Waals surface area contributed by atoms with Crippen molar-refractivity contribution in [1.29, 1.82) is 5.26 Å². The number of ether oxygens (including phenoxy) is 2. The van der Waals surface area contributed by atoms with Crippen LogP contribution in [0.4, 0.5) is 20.2 Å². The SMILES string of the molecule is CN(CCO)SNc1ccc(F)c(Oc2ccc3ncn(C4COC5(CCN(C6CC(c7ccc(NC8CCC(=O)NC8=O)cc7F)C6)CC5)C4)c(=O)c3c2)c1C#N. The molecule has 4 aliphatic rings. The maximum Gasteiger partial charge on any atom is 0.261 e. The largest absolute Gasteiger partial charge is 0.453 e. The van der Waals surface area contributed by atoms with Crippen molar-refractivity contribution < 1.29 is 33.0 Å². The van der Waals surface area contributed by atoms with Crippen molar-refractivity contribution in [2.24, 2.45) is 0 Å². The zero-order valence-corrected chi connectivity index (χ0v) is 32.7. The summed E-state index contributed by atoms with van der Waals surface area (Å²) in [6, 6.07) is 13.9. The number of anilines is 2. The molecule has 304 valence electrons. The number of fused-ring (bicyclic) bond motifs is 1. The van der Waals surface area contributed by atoms with Crippen LogP contribution in [0.25, 0.3) is 10.9 Å². The summed E-state index contributed by atoms with van der Waals surface area (Å²) in [5, 5.41) is 24.7. The predicted molar refractivity (Wildman–Crippen MR) is 213 cm³/mol. The molecular formula is C41H44F2N8O6S. The third kappa shape index (κ3) is 8.12. The second-order valence-corrected chi connectivity index (χ2v) is 16.5. The lowest BCUT2D eigenvalue weighted by molar-refractivity contribution is -0.133. The van der Waals surface area contributed by atoms with Gasteiger partial charge in [-0.1, -0.05) is 6.07 Å². The summed E-state index contributed by atoms with van der Waals surface area (Å²) in [4.78, 5) is 44.5. The molecule has 1 aromatic heterocycles. The van der Waals surface area contributed by atoms with Gasteiger partial charge in [0.15, 0.2) is 11.6 Å². The molecule has 1 saturated carbocycles. The smallest absolute Gasteiger partial charge is 0.261 e. The normalized spacial score (nSPS) is 23.1. The van der Waals surface area contributed by atoms with Crippen LogP contribution in [-0.2, 0) is 14.3 Å². The number of likely N-dealkylation sites (N-methyl/N-ethyl adjacent to an activating group) is 1. The number of rotatable bonds is 12. The summed E-state index contributed by atoms with van der Waals surface area (Å²) in [6.45, 7) is 2.36. The van der Waals surface area contributed by atoms with Gasteiger partial charge in [-0.3, -0.25) is 24.3 Å². The maximum atomic E-state index is 15.2. The Kier molecular flexibility index (Phi) is 11.4. The van der Waals surface area contributed by atoms with E-state index in [9.17, 15) is 19.6 Å². The fraction of sp³-hybridized carbons (Fsp3) is 0.439. The van der Waals surface area contributed by atoms with Crippen LogP contribution in [0.1, 0.15) is 68.0 Å². The number of likely N-dealkylation sites (tertiary alicyclic amines) is 1. The van der Waals surface area contributed by atoms with Crippen molar-refractivity contribution >= 4 is 46.2 Å². The Balaban J connectivity index is 0.873. The number of benzene rings is 3. The molecule has 2 unspecified atom stereocenters. The van der Waals surface area contributed by atoms with Crippen molar-refractivity contribution in [3.63, 3.8) is 0 Å². The summed E-state index contributed by atoms with van der Waals surface area (Å²) in [7, 11) is 1.75. The highest BCUT2D eigenvalue weighted by molar-refractivity contribution is 7.98. The van der Waals surface area contributed by atoms with Crippen LogP contribution >= 0.6 is 12.1 Å². The number of aromatic nitrogens is 2. The highest BCUT2D eigenvalue weighted by Crippen LogP contribution is 2.46. The zero-order valence-electron chi connectivity index (χ0n) is 31.9. The average molecular weight is 815 g/mol. The lowest BCUT2D eigenvalue weighted by Crippen LogP contribution is -2.51. The number of imide groups is 1. The standard InChI is InChI=1S/C41H44F2N8O6S/c1-49(14-15-52)58-48-35-7-5-32(42)38(31(35)21-44)57-28-3-6-34-30(19-28)40(55)51(23-45-34)27-20-41(56-22-27)10-12-50(13-11-41)26-16-24(17-26)29-4-2-25(18-33(29)43)46-36-8-9-37(53)47-39(36)54/h2-7,18-19,23-24,26-27,36,46,48,52H,8-17,20,22H2,1H3,(H,47,53,54). The number of amides is 2. The number of nitrogens with one attached hydrogen (secondary N) is 3. The molecule has 1 aliphatic carbocycles. The van der Waals surface area contributed by atoms with E-state index < -0.39 is 17.8 Å². The van der Waals surface area contributed by atoms with Gasteiger partial charge >= 0.3 is 0 Å². The van der Waals surface area contributed by atoms with Gasteiger partial charge in [0.1, 0.15) is 29.2 Å². The average Bonchev–Trinajstić information content (AvgIpc) is 3.60. The van der Waals surface area contributed by atoms with Crippen molar-refractivity contribution in [1.82, 2.24) is 24.1 Å². The Hall–Kier alpha value is -5.12. The zero-order chi connectivity index (χ0) is 40.6. The van der Waals surface area contributed by atoms with Crippen molar-refractivity contribution in [3.05, 3.63) is 88.0 Å². The molecule has 3 aliphatic heterocycles. The number of hydrogen-bond acceptors (Lipinski definition) is 13. The second kappa shape index (κ2) is 16.6. The van der Waals surface area contributed by atoms with E-state index >= 15 is 8.78 Å². The predicted octanol–water partition coefficient (Wildman–Crippen LogP) is 5.20. The van der Waals surface area contributed by atoms with E-state index in [2.05, 4.69) is 25.2 Å². The number of carbonyl (C=O) groups excluding carboxylic acids is 2. The third-order valence-corrected chi connectivity index (χ3v) is 12.7. The van der Waals surface area contributed by atoms with E-state index in [-0.39, 0.29) is 64.9 Å². The van der Waals surface area contributed by atoms with Crippen LogP contribution in [0.5, 0.6) is 11.5 Å². The number of piperidine rings is 2. The van der Waals surface area contributed by atoms with Gasteiger partial charge in [-0.2, -0.15) is 5.26 Å².